The van der Waals surface area contributed by atoms with Crippen LogP contribution in [0, 0.1) is 5.92 Å². The number of carbonyl (C=O) groups excluding carboxylic acids is 1. The molecule has 2 N–H and O–H groups in total. The van der Waals surface area contributed by atoms with E-state index in [1.54, 1.807) is 11.9 Å². The second kappa shape index (κ2) is 4.75. The van der Waals surface area contributed by atoms with E-state index in [-0.39, 0.29) is 11.8 Å². The molecule has 2 rings (SSSR count). The van der Waals surface area contributed by atoms with Crippen LogP contribution in [0.15, 0.2) is 24.3 Å². The summed E-state index contributed by atoms with van der Waals surface area (Å²) in [5.74, 6) is 1.05. The minimum atomic E-state index is -0.409. The van der Waals surface area contributed by atoms with Crippen molar-refractivity contribution >= 4 is 11.6 Å². The van der Waals surface area contributed by atoms with Crippen molar-refractivity contribution in [1.29, 1.82) is 0 Å². The van der Waals surface area contributed by atoms with Gasteiger partial charge in [-0.15, -0.1) is 0 Å². The molecule has 1 amide bonds. The molecule has 2 unspecified atom stereocenters. The normalized spacial score (nSPS) is 20.8. The highest BCUT2D eigenvalue weighted by atomic mass is 16.5. The summed E-state index contributed by atoms with van der Waals surface area (Å²) in [6.07, 6.45) is 0.252. The highest BCUT2D eigenvalue weighted by molar-refractivity contribution is 5.99. The van der Waals surface area contributed by atoms with E-state index in [1.807, 2.05) is 31.2 Å². The molecule has 0 saturated carbocycles. The Labute approximate surface area is 101 Å². The third-order valence-corrected chi connectivity index (χ3v) is 3.12. The van der Waals surface area contributed by atoms with E-state index in [0.717, 1.165) is 11.4 Å². The van der Waals surface area contributed by atoms with E-state index in [2.05, 4.69) is 0 Å². The first-order chi connectivity index (χ1) is 8.13. The van der Waals surface area contributed by atoms with Crippen LogP contribution in [0.4, 0.5) is 5.69 Å². The lowest BCUT2D eigenvalue weighted by Crippen LogP contribution is -2.44. The molecule has 0 saturated heterocycles. The fraction of sp³-hybridized carbons (Fsp3) is 0.462. The standard InChI is InChI=1S/C13H18N2O2/c1-9(8-14)7-12-13(16)15(2)10-5-3-4-6-11(10)17-12/h3-6,9,12H,7-8,14H2,1-2H3. The first kappa shape index (κ1) is 11.9. The quantitative estimate of drug-likeness (QED) is 0.860. The molecule has 4 heteroatoms. The number of likely N-dealkylation sites (N-methyl/N-ethyl adjacent to an activating group) is 1. The van der Waals surface area contributed by atoms with Crippen LogP contribution >= 0.6 is 0 Å². The Morgan fingerprint density at radius 3 is 2.88 bits per heavy atom. The number of fused-ring (bicyclic) bond motifs is 1. The Hall–Kier alpha value is -1.55. The molecule has 1 aliphatic rings. The molecular weight excluding hydrogens is 216 g/mol. The number of nitrogens with two attached hydrogens (primary N) is 1. The number of benzene rings is 1. The number of carbonyl (C=O) groups is 1. The number of hydrogen-bond acceptors (Lipinski definition) is 3. The minimum Gasteiger partial charge on any atom is -0.478 e. The maximum atomic E-state index is 12.1. The zero-order valence-electron chi connectivity index (χ0n) is 10.2. The van der Waals surface area contributed by atoms with Crippen molar-refractivity contribution < 1.29 is 9.53 Å². The van der Waals surface area contributed by atoms with Crippen molar-refractivity contribution in [3.8, 4) is 5.75 Å². The molecule has 4 nitrogen and oxygen atoms in total. The molecule has 0 aromatic heterocycles. The fourth-order valence-corrected chi connectivity index (χ4v) is 1.98. The molecule has 1 aromatic rings. The van der Waals surface area contributed by atoms with Crippen molar-refractivity contribution in [2.45, 2.75) is 19.4 Å². The summed E-state index contributed by atoms with van der Waals surface area (Å²) in [7, 11) is 1.78. The zero-order valence-corrected chi connectivity index (χ0v) is 10.2. The summed E-state index contributed by atoms with van der Waals surface area (Å²) >= 11 is 0. The Bertz CT molecular complexity index is 420. The summed E-state index contributed by atoms with van der Waals surface area (Å²) in [5.41, 5.74) is 6.41. The third kappa shape index (κ3) is 2.26. The third-order valence-electron chi connectivity index (χ3n) is 3.12. The van der Waals surface area contributed by atoms with E-state index in [1.165, 1.54) is 0 Å². The van der Waals surface area contributed by atoms with Crippen molar-refractivity contribution in [2.24, 2.45) is 11.7 Å². The van der Waals surface area contributed by atoms with Gasteiger partial charge in [-0.2, -0.15) is 0 Å². The molecule has 1 heterocycles. The van der Waals surface area contributed by atoms with Crippen LogP contribution in [0.3, 0.4) is 0 Å². The van der Waals surface area contributed by atoms with E-state index in [9.17, 15) is 4.79 Å². The Morgan fingerprint density at radius 1 is 1.47 bits per heavy atom. The van der Waals surface area contributed by atoms with Gasteiger partial charge >= 0.3 is 0 Å². The van der Waals surface area contributed by atoms with Crippen LogP contribution in [-0.2, 0) is 4.79 Å². The SMILES string of the molecule is CC(CN)CC1Oc2ccccc2N(C)C1=O. The molecule has 92 valence electrons. The first-order valence-corrected chi connectivity index (χ1v) is 5.86. The Kier molecular flexibility index (Phi) is 3.33. The predicted octanol–water partition coefficient (Wildman–Crippen LogP) is 1.40. The number of para-hydroxylation sites is 2. The van der Waals surface area contributed by atoms with Crippen LogP contribution < -0.4 is 15.4 Å². The van der Waals surface area contributed by atoms with Crippen molar-refractivity contribution in [2.75, 3.05) is 18.5 Å². The smallest absolute Gasteiger partial charge is 0.267 e. The molecule has 1 aromatic carbocycles. The molecule has 0 radical (unpaired) electrons. The van der Waals surface area contributed by atoms with Gasteiger partial charge in [-0.3, -0.25) is 4.79 Å². The molecule has 2 atom stereocenters. The first-order valence-electron chi connectivity index (χ1n) is 5.86. The van der Waals surface area contributed by atoms with E-state index in [0.29, 0.717) is 13.0 Å². The average Bonchev–Trinajstić information content (AvgIpc) is 2.35. The lowest BCUT2D eigenvalue weighted by molar-refractivity contribution is -0.126. The highest BCUT2D eigenvalue weighted by Gasteiger charge is 2.32. The number of ether oxygens (including phenoxy) is 1. The summed E-state index contributed by atoms with van der Waals surface area (Å²) in [6, 6.07) is 7.58. The molecule has 0 aliphatic carbocycles. The molecular formula is C13H18N2O2. The number of anilines is 1. The van der Waals surface area contributed by atoms with E-state index >= 15 is 0 Å². The minimum absolute atomic E-state index is 0.00370. The van der Waals surface area contributed by atoms with E-state index < -0.39 is 6.10 Å². The highest BCUT2D eigenvalue weighted by Crippen LogP contribution is 2.33. The van der Waals surface area contributed by atoms with Gasteiger partial charge in [0.15, 0.2) is 6.10 Å². The summed E-state index contributed by atoms with van der Waals surface area (Å²) in [4.78, 5) is 13.8. The van der Waals surface area contributed by atoms with Gasteiger partial charge in [0.1, 0.15) is 5.75 Å². The van der Waals surface area contributed by atoms with Gasteiger partial charge in [0.2, 0.25) is 0 Å². The molecule has 0 fully saturated rings. The topological polar surface area (TPSA) is 55.6 Å². The maximum Gasteiger partial charge on any atom is 0.267 e. The van der Waals surface area contributed by atoms with Crippen LogP contribution in [0.1, 0.15) is 13.3 Å². The average molecular weight is 234 g/mol. The van der Waals surface area contributed by atoms with Crippen LogP contribution in [0.5, 0.6) is 5.75 Å². The van der Waals surface area contributed by atoms with Gasteiger partial charge in [0, 0.05) is 7.05 Å². The van der Waals surface area contributed by atoms with Crippen LogP contribution in [0.25, 0.3) is 0 Å². The van der Waals surface area contributed by atoms with Gasteiger partial charge < -0.3 is 15.4 Å². The number of nitrogens with zero attached hydrogens (tertiary/aromatic N) is 1. The molecule has 0 bridgehead atoms. The molecule has 1 aliphatic heterocycles. The lowest BCUT2D eigenvalue weighted by atomic mass is 10.0. The summed E-state index contributed by atoms with van der Waals surface area (Å²) in [6.45, 7) is 2.59. The van der Waals surface area contributed by atoms with Crippen LogP contribution in [-0.4, -0.2) is 25.6 Å². The number of hydrogen-bond donors (Lipinski definition) is 1. The van der Waals surface area contributed by atoms with Crippen LogP contribution in [0.2, 0.25) is 0 Å². The van der Waals surface area contributed by atoms with Gasteiger partial charge in [-0.25, -0.2) is 0 Å². The Morgan fingerprint density at radius 2 is 2.18 bits per heavy atom. The lowest BCUT2D eigenvalue weighted by Gasteiger charge is -2.32. The van der Waals surface area contributed by atoms with E-state index in [4.69, 9.17) is 10.5 Å². The monoisotopic (exact) mass is 234 g/mol. The number of rotatable bonds is 3. The van der Waals surface area contributed by atoms with Crippen molar-refractivity contribution in [3.05, 3.63) is 24.3 Å². The fourth-order valence-electron chi connectivity index (χ4n) is 1.98. The predicted molar refractivity (Wildman–Crippen MR) is 67.1 cm³/mol. The van der Waals surface area contributed by atoms with Gasteiger partial charge in [0.25, 0.3) is 5.91 Å². The number of amides is 1. The summed E-state index contributed by atoms with van der Waals surface area (Å²) < 4.78 is 5.74. The zero-order chi connectivity index (χ0) is 12.4. The van der Waals surface area contributed by atoms with Crippen molar-refractivity contribution in [1.82, 2.24) is 0 Å². The maximum absolute atomic E-state index is 12.1. The molecule has 0 spiro atoms. The Balaban J connectivity index is 2.22. The van der Waals surface area contributed by atoms with Gasteiger partial charge in [-0.05, 0) is 31.0 Å². The second-order valence-corrected chi connectivity index (χ2v) is 4.55. The van der Waals surface area contributed by atoms with Gasteiger partial charge in [-0.1, -0.05) is 19.1 Å². The molecule has 17 heavy (non-hydrogen) atoms. The van der Waals surface area contributed by atoms with Crippen molar-refractivity contribution in [3.63, 3.8) is 0 Å². The van der Waals surface area contributed by atoms with Gasteiger partial charge in [0.05, 0.1) is 5.69 Å². The largest absolute Gasteiger partial charge is 0.478 e. The second-order valence-electron chi connectivity index (χ2n) is 4.55. The summed E-state index contributed by atoms with van der Waals surface area (Å²) in [5, 5.41) is 0.